The standard InChI is InChI=1S/C10H13NO4/c1-7-6-8(2-3-9(7)13)11-10(14)15-5-4-12/h2-3,6,12-13H,4-5H2,1H3,(H,11,14). The van der Waals surface area contributed by atoms with E-state index in [1.165, 1.54) is 6.07 Å². The molecule has 1 amide bonds. The summed E-state index contributed by atoms with van der Waals surface area (Å²) in [5.41, 5.74) is 1.20. The van der Waals surface area contributed by atoms with Crippen LogP contribution in [0.2, 0.25) is 0 Å². The van der Waals surface area contributed by atoms with E-state index in [2.05, 4.69) is 10.1 Å². The summed E-state index contributed by atoms with van der Waals surface area (Å²) in [5.74, 6) is 0.171. The number of hydrogen-bond donors (Lipinski definition) is 3. The van der Waals surface area contributed by atoms with Crippen molar-refractivity contribution in [3.8, 4) is 5.75 Å². The summed E-state index contributed by atoms with van der Waals surface area (Å²) < 4.78 is 4.60. The number of aliphatic hydroxyl groups is 1. The first-order valence-corrected chi connectivity index (χ1v) is 4.47. The van der Waals surface area contributed by atoms with Crippen molar-refractivity contribution in [1.82, 2.24) is 0 Å². The molecule has 15 heavy (non-hydrogen) atoms. The Morgan fingerprint density at radius 2 is 2.27 bits per heavy atom. The zero-order valence-corrected chi connectivity index (χ0v) is 8.36. The lowest BCUT2D eigenvalue weighted by atomic mass is 10.2. The second-order valence-corrected chi connectivity index (χ2v) is 2.99. The van der Waals surface area contributed by atoms with Gasteiger partial charge in [-0.15, -0.1) is 0 Å². The van der Waals surface area contributed by atoms with Gasteiger partial charge in [0.1, 0.15) is 12.4 Å². The van der Waals surface area contributed by atoms with E-state index in [0.717, 1.165) is 0 Å². The maximum Gasteiger partial charge on any atom is 0.411 e. The van der Waals surface area contributed by atoms with Crippen molar-refractivity contribution >= 4 is 11.8 Å². The molecule has 0 unspecified atom stereocenters. The third kappa shape index (κ3) is 3.47. The summed E-state index contributed by atoms with van der Waals surface area (Å²) in [6, 6.07) is 4.66. The van der Waals surface area contributed by atoms with Gasteiger partial charge in [0.25, 0.3) is 0 Å². The van der Waals surface area contributed by atoms with Gasteiger partial charge in [-0.25, -0.2) is 4.79 Å². The first-order chi connectivity index (χ1) is 7.13. The predicted octanol–water partition coefficient (Wildman–Crippen LogP) is 1.24. The van der Waals surface area contributed by atoms with E-state index in [1.807, 2.05) is 0 Å². The number of aliphatic hydroxyl groups excluding tert-OH is 1. The number of hydrogen-bond acceptors (Lipinski definition) is 4. The maximum absolute atomic E-state index is 11.1. The van der Waals surface area contributed by atoms with Gasteiger partial charge in [-0.3, -0.25) is 5.32 Å². The highest BCUT2D eigenvalue weighted by Crippen LogP contribution is 2.19. The molecular weight excluding hydrogens is 198 g/mol. The minimum Gasteiger partial charge on any atom is -0.508 e. The fourth-order valence-corrected chi connectivity index (χ4v) is 1.03. The van der Waals surface area contributed by atoms with Crippen LogP contribution >= 0.6 is 0 Å². The van der Waals surface area contributed by atoms with Crippen molar-refractivity contribution < 1.29 is 19.7 Å². The van der Waals surface area contributed by atoms with Gasteiger partial charge in [0.05, 0.1) is 6.61 Å². The largest absolute Gasteiger partial charge is 0.508 e. The summed E-state index contributed by atoms with van der Waals surface area (Å²) in [6.45, 7) is 1.48. The van der Waals surface area contributed by atoms with Crippen LogP contribution in [0.1, 0.15) is 5.56 Å². The average Bonchev–Trinajstić information content (AvgIpc) is 2.20. The number of aromatic hydroxyl groups is 1. The third-order valence-corrected chi connectivity index (χ3v) is 1.77. The number of benzene rings is 1. The van der Waals surface area contributed by atoms with E-state index in [4.69, 9.17) is 5.11 Å². The molecule has 0 aliphatic carbocycles. The number of anilines is 1. The highest BCUT2D eigenvalue weighted by atomic mass is 16.6. The SMILES string of the molecule is Cc1cc(NC(=O)OCCO)ccc1O. The molecule has 0 atom stereocenters. The Balaban J connectivity index is 2.57. The number of carbonyl (C=O) groups is 1. The third-order valence-electron chi connectivity index (χ3n) is 1.77. The Labute approximate surface area is 87.3 Å². The summed E-state index contributed by atoms with van der Waals surface area (Å²) in [6.07, 6.45) is -0.630. The Kier molecular flexibility index (Phi) is 3.93. The number of carbonyl (C=O) groups excluding carboxylic acids is 1. The molecule has 0 saturated heterocycles. The van der Waals surface area contributed by atoms with Crippen LogP contribution in [-0.4, -0.2) is 29.5 Å². The molecule has 0 heterocycles. The van der Waals surface area contributed by atoms with Gasteiger partial charge in [-0.05, 0) is 30.7 Å². The first-order valence-electron chi connectivity index (χ1n) is 4.47. The topological polar surface area (TPSA) is 78.8 Å². The highest BCUT2D eigenvalue weighted by molar-refractivity contribution is 5.84. The normalized spacial score (nSPS) is 9.73. The van der Waals surface area contributed by atoms with Crippen molar-refractivity contribution in [3.63, 3.8) is 0 Å². The molecule has 0 bridgehead atoms. The lowest BCUT2D eigenvalue weighted by molar-refractivity contribution is 0.131. The fourth-order valence-electron chi connectivity index (χ4n) is 1.03. The first kappa shape index (κ1) is 11.3. The molecule has 5 nitrogen and oxygen atoms in total. The van der Waals surface area contributed by atoms with Gasteiger partial charge in [0.2, 0.25) is 0 Å². The molecule has 0 saturated carbocycles. The number of phenolic OH excluding ortho intramolecular Hbond substituents is 1. The lowest BCUT2D eigenvalue weighted by Gasteiger charge is -2.07. The van der Waals surface area contributed by atoms with Crippen LogP contribution in [0.3, 0.4) is 0 Å². The van der Waals surface area contributed by atoms with Crippen LogP contribution in [0.5, 0.6) is 5.75 Å². The van der Waals surface area contributed by atoms with E-state index in [-0.39, 0.29) is 19.0 Å². The number of aryl methyl sites for hydroxylation is 1. The van der Waals surface area contributed by atoms with Crippen LogP contribution in [-0.2, 0) is 4.74 Å². The quantitative estimate of drug-likeness (QED) is 0.657. The Morgan fingerprint density at radius 3 is 2.87 bits per heavy atom. The van der Waals surface area contributed by atoms with Gasteiger partial charge in [-0.2, -0.15) is 0 Å². The van der Waals surface area contributed by atoms with Crippen molar-refractivity contribution in [2.24, 2.45) is 0 Å². The molecule has 0 aliphatic rings. The highest BCUT2D eigenvalue weighted by Gasteiger charge is 2.03. The monoisotopic (exact) mass is 211 g/mol. The van der Waals surface area contributed by atoms with Gasteiger partial charge >= 0.3 is 6.09 Å². The molecule has 0 fully saturated rings. The van der Waals surface area contributed by atoms with Crippen LogP contribution in [0.25, 0.3) is 0 Å². The molecule has 1 aromatic carbocycles. The molecule has 5 heteroatoms. The molecule has 1 aromatic rings. The van der Waals surface area contributed by atoms with Crippen molar-refractivity contribution in [1.29, 1.82) is 0 Å². The number of phenols is 1. The van der Waals surface area contributed by atoms with Gasteiger partial charge < -0.3 is 14.9 Å². The van der Waals surface area contributed by atoms with Crippen molar-refractivity contribution in [2.75, 3.05) is 18.5 Å². The summed E-state index contributed by atoms with van der Waals surface area (Å²) in [5, 5.41) is 20.1. The minimum absolute atomic E-state index is 0.0388. The molecule has 3 N–H and O–H groups in total. The number of amides is 1. The van der Waals surface area contributed by atoms with E-state index in [0.29, 0.717) is 11.3 Å². The van der Waals surface area contributed by atoms with E-state index < -0.39 is 6.09 Å². The van der Waals surface area contributed by atoms with Gasteiger partial charge in [0, 0.05) is 5.69 Å². The van der Waals surface area contributed by atoms with Crippen LogP contribution in [0, 0.1) is 6.92 Å². The molecule has 0 spiro atoms. The fraction of sp³-hybridized carbons (Fsp3) is 0.300. The average molecular weight is 211 g/mol. The summed E-state index contributed by atoms with van der Waals surface area (Å²) >= 11 is 0. The smallest absolute Gasteiger partial charge is 0.411 e. The van der Waals surface area contributed by atoms with Crippen molar-refractivity contribution in [2.45, 2.75) is 6.92 Å². The van der Waals surface area contributed by atoms with Gasteiger partial charge in [-0.1, -0.05) is 0 Å². The lowest BCUT2D eigenvalue weighted by Crippen LogP contribution is -2.15. The molecule has 0 aliphatic heterocycles. The second-order valence-electron chi connectivity index (χ2n) is 2.99. The summed E-state index contributed by atoms with van der Waals surface area (Å²) in [7, 11) is 0. The van der Waals surface area contributed by atoms with Crippen molar-refractivity contribution in [3.05, 3.63) is 23.8 Å². The van der Waals surface area contributed by atoms with Gasteiger partial charge in [0.15, 0.2) is 0 Å². The number of rotatable bonds is 3. The Morgan fingerprint density at radius 1 is 1.53 bits per heavy atom. The zero-order chi connectivity index (χ0) is 11.3. The van der Waals surface area contributed by atoms with Crippen LogP contribution < -0.4 is 5.32 Å². The number of ether oxygens (including phenoxy) is 1. The summed E-state index contributed by atoms with van der Waals surface area (Å²) in [4.78, 5) is 11.1. The molecule has 1 rings (SSSR count). The van der Waals surface area contributed by atoms with E-state index in [9.17, 15) is 9.90 Å². The molecule has 82 valence electrons. The molecule has 0 radical (unpaired) electrons. The number of nitrogens with one attached hydrogen (secondary N) is 1. The van der Waals surface area contributed by atoms with Crippen LogP contribution in [0.4, 0.5) is 10.5 Å². The zero-order valence-electron chi connectivity index (χ0n) is 8.36. The minimum atomic E-state index is -0.630. The Hall–Kier alpha value is -1.75. The molecular formula is C10H13NO4. The maximum atomic E-state index is 11.1. The van der Waals surface area contributed by atoms with Crippen LogP contribution in [0.15, 0.2) is 18.2 Å². The molecule has 0 aromatic heterocycles. The second kappa shape index (κ2) is 5.21. The van der Waals surface area contributed by atoms with E-state index in [1.54, 1.807) is 19.1 Å². The van der Waals surface area contributed by atoms with E-state index >= 15 is 0 Å². The Bertz CT molecular complexity index is 351. The predicted molar refractivity (Wildman–Crippen MR) is 54.9 cm³/mol.